The lowest BCUT2D eigenvalue weighted by atomic mass is 9.76. The van der Waals surface area contributed by atoms with Crippen LogP contribution in [-0.4, -0.2) is 34.0 Å². The third-order valence-corrected chi connectivity index (χ3v) is 4.46. The van der Waals surface area contributed by atoms with Gasteiger partial charge in [-0.25, -0.2) is 0 Å². The largest absolute Gasteiger partial charge is 0.481 e. The molecule has 1 aromatic rings. The third-order valence-electron chi connectivity index (χ3n) is 4.46. The second kappa shape index (κ2) is 5.81. The quantitative estimate of drug-likeness (QED) is 0.666. The molecule has 1 aromatic carbocycles. The van der Waals surface area contributed by atoms with E-state index in [9.17, 15) is 20.0 Å². The van der Waals surface area contributed by atoms with Gasteiger partial charge in [0.25, 0.3) is 5.69 Å². The maximum Gasteiger partial charge on any atom is 0.311 e. The zero-order valence-electron chi connectivity index (χ0n) is 12.3. The summed E-state index contributed by atoms with van der Waals surface area (Å²) < 4.78 is 0. The van der Waals surface area contributed by atoms with Crippen LogP contribution in [0.1, 0.15) is 25.8 Å². The monoisotopic (exact) mass is 292 g/mol. The molecule has 0 amide bonds. The Morgan fingerprint density at radius 3 is 2.48 bits per heavy atom. The number of likely N-dealkylation sites (tertiary alicyclic amines) is 1. The molecule has 1 aliphatic rings. The van der Waals surface area contributed by atoms with Crippen molar-refractivity contribution >= 4 is 11.7 Å². The summed E-state index contributed by atoms with van der Waals surface area (Å²) in [5.74, 6) is -0.652. The fraction of sp³-hybridized carbons (Fsp3) is 0.533. The molecule has 1 atom stereocenters. The molecule has 1 unspecified atom stereocenters. The van der Waals surface area contributed by atoms with Gasteiger partial charge in [0.1, 0.15) is 0 Å². The average molecular weight is 292 g/mol. The Bertz CT molecular complexity index is 541. The summed E-state index contributed by atoms with van der Waals surface area (Å²) in [6.07, 6.45) is 0.646. The number of benzene rings is 1. The minimum atomic E-state index is -0.733. The number of hydrogen-bond acceptors (Lipinski definition) is 4. The van der Waals surface area contributed by atoms with E-state index in [0.717, 1.165) is 12.1 Å². The summed E-state index contributed by atoms with van der Waals surface area (Å²) >= 11 is 0. The van der Waals surface area contributed by atoms with E-state index in [0.29, 0.717) is 19.5 Å². The van der Waals surface area contributed by atoms with E-state index in [4.69, 9.17) is 0 Å². The van der Waals surface area contributed by atoms with Crippen molar-refractivity contribution < 1.29 is 14.8 Å². The van der Waals surface area contributed by atoms with Crippen molar-refractivity contribution in [2.75, 3.05) is 13.1 Å². The molecule has 114 valence electrons. The Kier molecular flexibility index (Phi) is 4.27. The smallest absolute Gasteiger partial charge is 0.311 e. The molecule has 1 N–H and O–H groups in total. The van der Waals surface area contributed by atoms with Crippen LogP contribution in [0.5, 0.6) is 0 Å². The first-order valence-electron chi connectivity index (χ1n) is 7.04. The first-order chi connectivity index (χ1) is 9.85. The number of carboxylic acid groups (broad SMARTS) is 1. The van der Waals surface area contributed by atoms with Gasteiger partial charge in [0, 0.05) is 25.2 Å². The Balaban J connectivity index is 2.05. The van der Waals surface area contributed by atoms with Gasteiger partial charge in [0.2, 0.25) is 0 Å². The number of carboxylic acids is 1. The summed E-state index contributed by atoms with van der Waals surface area (Å²) in [6, 6.07) is 6.43. The number of nitro benzene ring substituents is 1. The third kappa shape index (κ3) is 3.05. The van der Waals surface area contributed by atoms with Gasteiger partial charge in [-0.05, 0) is 24.4 Å². The minimum Gasteiger partial charge on any atom is -0.481 e. The Labute approximate surface area is 123 Å². The fourth-order valence-corrected chi connectivity index (χ4v) is 2.92. The minimum absolute atomic E-state index is 0.0715. The first kappa shape index (κ1) is 15.4. The van der Waals surface area contributed by atoms with Gasteiger partial charge >= 0.3 is 5.97 Å². The lowest BCUT2D eigenvalue weighted by Crippen LogP contribution is -2.39. The lowest BCUT2D eigenvalue weighted by molar-refractivity contribution is -0.384. The first-order valence-corrected chi connectivity index (χ1v) is 7.04. The van der Waals surface area contributed by atoms with E-state index >= 15 is 0 Å². The Morgan fingerprint density at radius 1 is 1.43 bits per heavy atom. The van der Waals surface area contributed by atoms with Crippen LogP contribution in [-0.2, 0) is 11.3 Å². The van der Waals surface area contributed by atoms with Crippen LogP contribution in [0.15, 0.2) is 24.3 Å². The lowest BCUT2D eigenvalue weighted by Gasteiger charge is -2.28. The molecule has 21 heavy (non-hydrogen) atoms. The standard InChI is InChI=1S/C15H20N2O4/c1-11(2)15(14(18)19)7-8-16(10-15)9-12-3-5-13(6-4-12)17(20)21/h3-6,11H,7-10H2,1-2H3,(H,18,19). The topological polar surface area (TPSA) is 83.7 Å². The van der Waals surface area contributed by atoms with Crippen LogP contribution < -0.4 is 0 Å². The van der Waals surface area contributed by atoms with Crippen LogP contribution in [0.2, 0.25) is 0 Å². The molecule has 1 fully saturated rings. The highest BCUT2D eigenvalue weighted by Gasteiger charge is 2.46. The molecule has 6 nitrogen and oxygen atoms in total. The molecular weight excluding hydrogens is 272 g/mol. The van der Waals surface area contributed by atoms with E-state index in [1.165, 1.54) is 12.1 Å². The van der Waals surface area contributed by atoms with E-state index < -0.39 is 16.3 Å². The van der Waals surface area contributed by atoms with E-state index in [2.05, 4.69) is 4.90 Å². The van der Waals surface area contributed by atoms with Gasteiger partial charge < -0.3 is 5.11 Å². The molecular formula is C15H20N2O4. The van der Waals surface area contributed by atoms with Gasteiger partial charge in [0.15, 0.2) is 0 Å². The van der Waals surface area contributed by atoms with Crippen molar-refractivity contribution in [1.29, 1.82) is 0 Å². The van der Waals surface area contributed by atoms with E-state index in [-0.39, 0.29) is 11.6 Å². The predicted octanol–water partition coefficient (Wildman–Crippen LogP) is 2.53. The van der Waals surface area contributed by atoms with Gasteiger partial charge in [-0.2, -0.15) is 0 Å². The second-order valence-corrected chi connectivity index (χ2v) is 6.00. The van der Waals surface area contributed by atoms with Crippen LogP contribution in [0.4, 0.5) is 5.69 Å². The number of carbonyl (C=O) groups is 1. The maximum absolute atomic E-state index is 11.6. The number of rotatable bonds is 5. The van der Waals surface area contributed by atoms with E-state index in [1.807, 2.05) is 13.8 Å². The van der Waals surface area contributed by atoms with Crippen molar-refractivity contribution in [2.24, 2.45) is 11.3 Å². The van der Waals surface area contributed by atoms with Gasteiger partial charge in [-0.3, -0.25) is 19.8 Å². The van der Waals surface area contributed by atoms with Crippen LogP contribution >= 0.6 is 0 Å². The zero-order valence-corrected chi connectivity index (χ0v) is 12.3. The van der Waals surface area contributed by atoms with Gasteiger partial charge in [-0.1, -0.05) is 26.0 Å². The highest BCUT2D eigenvalue weighted by Crippen LogP contribution is 2.38. The summed E-state index contributed by atoms with van der Waals surface area (Å²) in [5, 5.41) is 20.1. The molecule has 0 saturated carbocycles. The number of hydrogen-bond donors (Lipinski definition) is 1. The average Bonchev–Trinajstić information content (AvgIpc) is 2.85. The SMILES string of the molecule is CC(C)C1(C(=O)O)CCN(Cc2ccc([N+](=O)[O-])cc2)C1. The van der Waals surface area contributed by atoms with Gasteiger partial charge in [0.05, 0.1) is 10.3 Å². The number of nitro groups is 1. The van der Waals surface area contributed by atoms with Crippen molar-refractivity contribution in [2.45, 2.75) is 26.8 Å². The fourth-order valence-electron chi connectivity index (χ4n) is 2.92. The van der Waals surface area contributed by atoms with Crippen molar-refractivity contribution in [3.63, 3.8) is 0 Å². The summed E-state index contributed by atoms with van der Waals surface area (Å²) in [7, 11) is 0. The van der Waals surface area contributed by atoms with Crippen molar-refractivity contribution in [3.8, 4) is 0 Å². The Hall–Kier alpha value is -1.95. The van der Waals surface area contributed by atoms with E-state index in [1.54, 1.807) is 12.1 Å². The second-order valence-electron chi connectivity index (χ2n) is 6.00. The molecule has 0 aromatic heterocycles. The van der Waals surface area contributed by atoms with Crippen LogP contribution in [0.25, 0.3) is 0 Å². The summed E-state index contributed by atoms with van der Waals surface area (Å²) in [6.45, 7) is 5.78. The molecule has 0 bridgehead atoms. The van der Waals surface area contributed by atoms with Crippen molar-refractivity contribution in [3.05, 3.63) is 39.9 Å². The molecule has 0 aliphatic carbocycles. The highest BCUT2D eigenvalue weighted by atomic mass is 16.6. The number of non-ortho nitro benzene ring substituents is 1. The zero-order chi connectivity index (χ0) is 15.6. The molecule has 6 heteroatoms. The molecule has 1 saturated heterocycles. The molecule has 0 radical (unpaired) electrons. The number of nitrogens with zero attached hydrogens (tertiary/aromatic N) is 2. The van der Waals surface area contributed by atoms with Crippen molar-refractivity contribution in [1.82, 2.24) is 4.90 Å². The molecule has 0 spiro atoms. The summed E-state index contributed by atoms with van der Waals surface area (Å²) in [4.78, 5) is 23.9. The molecule has 1 heterocycles. The molecule has 2 rings (SSSR count). The van der Waals surface area contributed by atoms with Crippen LogP contribution in [0.3, 0.4) is 0 Å². The predicted molar refractivity (Wildman–Crippen MR) is 77.9 cm³/mol. The highest BCUT2D eigenvalue weighted by molar-refractivity contribution is 5.75. The Morgan fingerprint density at radius 2 is 2.05 bits per heavy atom. The molecule has 1 aliphatic heterocycles. The van der Waals surface area contributed by atoms with Crippen LogP contribution in [0, 0.1) is 21.4 Å². The normalized spacial score (nSPS) is 22.6. The van der Waals surface area contributed by atoms with Gasteiger partial charge in [-0.15, -0.1) is 0 Å². The number of aliphatic carboxylic acids is 1. The summed E-state index contributed by atoms with van der Waals surface area (Å²) in [5.41, 5.74) is 0.355. The maximum atomic E-state index is 11.6.